The molecule has 0 aliphatic heterocycles. The van der Waals surface area contributed by atoms with E-state index in [0.29, 0.717) is 6.54 Å². The third-order valence-corrected chi connectivity index (χ3v) is 2.54. The molecule has 0 aliphatic carbocycles. The number of rotatable bonds is 5. The molecule has 8 heteroatoms. The van der Waals surface area contributed by atoms with Gasteiger partial charge < -0.3 is 10.4 Å². The van der Waals surface area contributed by atoms with Crippen molar-refractivity contribution in [3.05, 3.63) is 15.8 Å². The minimum atomic E-state index is -1.32. The average molecular weight is 256 g/mol. The molecule has 0 bridgehead atoms. The monoisotopic (exact) mass is 256 g/mol. The fraction of sp³-hybridized carbons (Fsp3) is 0.600. The smallest absolute Gasteiger partial charge is 0.333 e. The van der Waals surface area contributed by atoms with Gasteiger partial charge in [0.05, 0.1) is 4.92 Å². The van der Waals surface area contributed by atoms with Crippen LogP contribution < -0.4 is 5.32 Å². The standard InChI is InChI=1S/C10H16N4O4/c1-5-13-8(11-10(3,4)9(15)16)7(14(17)18)6(2)12-13/h11H,5H2,1-4H3,(H,15,16). The second-order valence-corrected chi connectivity index (χ2v) is 4.41. The lowest BCUT2D eigenvalue weighted by Crippen LogP contribution is -2.40. The van der Waals surface area contributed by atoms with E-state index in [9.17, 15) is 14.9 Å². The van der Waals surface area contributed by atoms with Gasteiger partial charge in [-0.2, -0.15) is 5.10 Å². The normalized spacial score (nSPS) is 11.3. The predicted octanol–water partition coefficient (Wildman–Crippen LogP) is 1.39. The summed E-state index contributed by atoms with van der Waals surface area (Å²) in [4.78, 5) is 21.5. The quantitative estimate of drug-likeness (QED) is 0.608. The van der Waals surface area contributed by atoms with E-state index in [4.69, 9.17) is 5.11 Å². The molecule has 0 spiro atoms. The maximum absolute atomic E-state index is 11.1. The van der Waals surface area contributed by atoms with Crippen LogP contribution in [0.3, 0.4) is 0 Å². The number of hydrogen-bond acceptors (Lipinski definition) is 5. The Bertz CT molecular complexity index is 492. The summed E-state index contributed by atoms with van der Waals surface area (Å²) < 4.78 is 1.39. The Hall–Kier alpha value is -2.12. The molecule has 0 amide bonds. The highest BCUT2D eigenvalue weighted by molar-refractivity contribution is 5.82. The van der Waals surface area contributed by atoms with Gasteiger partial charge in [-0.1, -0.05) is 0 Å². The zero-order valence-electron chi connectivity index (χ0n) is 10.7. The van der Waals surface area contributed by atoms with Crippen LogP contribution in [0.5, 0.6) is 0 Å². The van der Waals surface area contributed by atoms with Gasteiger partial charge in [0.15, 0.2) is 0 Å². The fourth-order valence-corrected chi connectivity index (χ4v) is 1.49. The Morgan fingerprint density at radius 3 is 2.56 bits per heavy atom. The van der Waals surface area contributed by atoms with Crippen molar-refractivity contribution in [3.63, 3.8) is 0 Å². The van der Waals surface area contributed by atoms with Crippen LogP contribution in [0.15, 0.2) is 0 Å². The van der Waals surface area contributed by atoms with Gasteiger partial charge in [-0.15, -0.1) is 0 Å². The first-order chi connectivity index (χ1) is 8.20. The number of nitrogens with one attached hydrogen (secondary N) is 1. The molecule has 0 aromatic carbocycles. The molecule has 0 saturated heterocycles. The first-order valence-corrected chi connectivity index (χ1v) is 5.44. The zero-order valence-corrected chi connectivity index (χ0v) is 10.7. The van der Waals surface area contributed by atoms with Crippen molar-refractivity contribution < 1.29 is 14.8 Å². The molecular weight excluding hydrogens is 240 g/mol. The number of aliphatic carboxylic acids is 1. The molecule has 0 radical (unpaired) electrons. The van der Waals surface area contributed by atoms with Crippen LogP contribution in [0.1, 0.15) is 26.5 Å². The van der Waals surface area contributed by atoms with Crippen molar-refractivity contribution in [1.29, 1.82) is 0 Å². The highest BCUT2D eigenvalue weighted by Gasteiger charge is 2.33. The molecular formula is C10H16N4O4. The summed E-state index contributed by atoms with van der Waals surface area (Å²) in [5.74, 6) is -0.981. The topological polar surface area (TPSA) is 110 Å². The summed E-state index contributed by atoms with van der Waals surface area (Å²) in [6.07, 6.45) is 0. The van der Waals surface area contributed by atoms with Crippen molar-refractivity contribution in [2.45, 2.75) is 39.8 Å². The predicted molar refractivity (Wildman–Crippen MR) is 64.6 cm³/mol. The van der Waals surface area contributed by atoms with E-state index in [0.717, 1.165) is 0 Å². The fourth-order valence-electron chi connectivity index (χ4n) is 1.49. The second kappa shape index (κ2) is 4.63. The number of aromatic nitrogens is 2. The lowest BCUT2D eigenvalue weighted by molar-refractivity contribution is -0.384. The Morgan fingerprint density at radius 2 is 2.17 bits per heavy atom. The number of carbonyl (C=O) groups is 1. The maximum atomic E-state index is 11.1. The number of nitrogens with zero attached hydrogens (tertiary/aromatic N) is 3. The lowest BCUT2D eigenvalue weighted by Gasteiger charge is -2.22. The van der Waals surface area contributed by atoms with E-state index < -0.39 is 16.4 Å². The Balaban J connectivity index is 3.30. The van der Waals surface area contributed by atoms with Gasteiger partial charge in [0.1, 0.15) is 11.2 Å². The molecule has 0 saturated carbocycles. The van der Waals surface area contributed by atoms with E-state index in [1.807, 2.05) is 0 Å². The first kappa shape index (κ1) is 13.9. The molecule has 1 aromatic heterocycles. The minimum absolute atomic E-state index is 0.118. The Morgan fingerprint density at radius 1 is 1.61 bits per heavy atom. The molecule has 0 unspecified atom stereocenters. The van der Waals surface area contributed by atoms with Gasteiger partial charge in [-0.05, 0) is 27.7 Å². The third-order valence-electron chi connectivity index (χ3n) is 2.54. The number of nitro groups is 1. The van der Waals surface area contributed by atoms with E-state index in [1.54, 1.807) is 6.92 Å². The summed E-state index contributed by atoms with van der Waals surface area (Å²) >= 11 is 0. The molecule has 0 atom stereocenters. The zero-order chi connectivity index (χ0) is 14.1. The molecule has 2 N–H and O–H groups in total. The van der Waals surface area contributed by atoms with Gasteiger partial charge in [-0.25, -0.2) is 9.48 Å². The highest BCUT2D eigenvalue weighted by Crippen LogP contribution is 2.30. The number of anilines is 1. The molecule has 8 nitrogen and oxygen atoms in total. The summed E-state index contributed by atoms with van der Waals surface area (Å²) in [5, 5.41) is 26.7. The largest absolute Gasteiger partial charge is 0.480 e. The second-order valence-electron chi connectivity index (χ2n) is 4.41. The number of carboxylic acids is 1. The van der Waals surface area contributed by atoms with Gasteiger partial charge in [0.25, 0.3) is 0 Å². The van der Waals surface area contributed by atoms with Gasteiger partial charge in [-0.3, -0.25) is 10.1 Å². The number of aryl methyl sites for hydroxylation is 2. The molecule has 1 heterocycles. The Kier molecular flexibility index (Phi) is 3.59. The van der Waals surface area contributed by atoms with Gasteiger partial charge in [0.2, 0.25) is 5.82 Å². The Labute approximate surface area is 104 Å². The average Bonchev–Trinajstić information content (AvgIpc) is 2.53. The highest BCUT2D eigenvalue weighted by atomic mass is 16.6. The minimum Gasteiger partial charge on any atom is -0.480 e. The molecule has 100 valence electrons. The van der Waals surface area contributed by atoms with Gasteiger partial charge in [0, 0.05) is 6.54 Å². The number of carboxylic acid groups (broad SMARTS) is 1. The molecule has 18 heavy (non-hydrogen) atoms. The van der Waals surface area contributed by atoms with Crippen LogP contribution in [-0.4, -0.2) is 31.3 Å². The van der Waals surface area contributed by atoms with Crippen LogP contribution in [0, 0.1) is 17.0 Å². The SMILES string of the molecule is CCn1nc(C)c([N+](=O)[O-])c1NC(C)(C)C(=O)O. The summed E-state index contributed by atoms with van der Waals surface area (Å²) in [6, 6.07) is 0. The van der Waals surface area contributed by atoms with Crippen LogP contribution in [0.4, 0.5) is 11.5 Å². The van der Waals surface area contributed by atoms with E-state index in [1.165, 1.54) is 25.5 Å². The van der Waals surface area contributed by atoms with Crippen LogP contribution in [-0.2, 0) is 11.3 Å². The maximum Gasteiger partial charge on any atom is 0.333 e. The first-order valence-electron chi connectivity index (χ1n) is 5.44. The van der Waals surface area contributed by atoms with Crippen molar-refractivity contribution >= 4 is 17.5 Å². The van der Waals surface area contributed by atoms with E-state index in [2.05, 4.69) is 10.4 Å². The molecule has 1 aromatic rings. The molecule has 0 aliphatic rings. The van der Waals surface area contributed by atoms with Crippen molar-refractivity contribution in [1.82, 2.24) is 9.78 Å². The van der Waals surface area contributed by atoms with Crippen LogP contribution >= 0.6 is 0 Å². The van der Waals surface area contributed by atoms with Gasteiger partial charge >= 0.3 is 11.7 Å². The molecule has 0 fully saturated rings. The van der Waals surface area contributed by atoms with Crippen molar-refractivity contribution in [2.75, 3.05) is 5.32 Å². The van der Waals surface area contributed by atoms with Crippen molar-refractivity contribution in [2.24, 2.45) is 0 Å². The van der Waals surface area contributed by atoms with Crippen molar-refractivity contribution in [3.8, 4) is 0 Å². The number of hydrogen-bond donors (Lipinski definition) is 2. The summed E-state index contributed by atoms with van der Waals surface area (Å²) in [5.41, 5.74) is -1.25. The summed E-state index contributed by atoms with van der Waals surface area (Å²) in [6.45, 7) is 6.56. The lowest BCUT2D eigenvalue weighted by atomic mass is 10.1. The van der Waals surface area contributed by atoms with Crippen LogP contribution in [0.25, 0.3) is 0 Å². The van der Waals surface area contributed by atoms with E-state index >= 15 is 0 Å². The molecule has 1 rings (SSSR count). The van der Waals surface area contributed by atoms with E-state index in [-0.39, 0.29) is 17.2 Å². The summed E-state index contributed by atoms with van der Waals surface area (Å²) in [7, 11) is 0. The van der Waals surface area contributed by atoms with Crippen LogP contribution in [0.2, 0.25) is 0 Å². The third kappa shape index (κ3) is 2.41.